The van der Waals surface area contributed by atoms with Gasteiger partial charge in [-0.3, -0.25) is 9.59 Å². The first-order valence-electron chi connectivity index (χ1n) is 7.06. The van der Waals surface area contributed by atoms with Crippen LogP contribution in [0.3, 0.4) is 0 Å². The van der Waals surface area contributed by atoms with Crippen molar-refractivity contribution in [3.05, 3.63) is 0 Å². The highest BCUT2D eigenvalue weighted by molar-refractivity contribution is 5.99. The van der Waals surface area contributed by atoms with E-state index in [1.807, 2.05) is 13.8 Å². The molecule has 0 saturated carbocycles. The maximum Gasteiger partial charge on any atom is 0.248 e. The first-order chi connectivity index (χ1) is 8.79. The third kappa shape index (κ3) is 2.61. The second-order valence-electron chi connectivity index (χ2n) is 6.37. The number of amides is 2. The fourth-order valence-electron chi connectivity index (χ4n) is 3.00. The Bertz CT molecular complexity index is 386. The monoisotopic (exact) mass is 268 g/mol. The lowest BCUT2D eigenvalue weighted by Crippen LogP contribution is -2.69. The van der Waals surface area contributed by atoms with Crippen LogP contribution in [0.1, 0.15) is 47.0 Å². The maximum atomic E-state index is 12.5. The molecule has 5 nitrogen and oxygen atoms in total. The highest BCUT2D eigenvalue weighted by Gasteiger charge is 2.47. The zero-order valence-electron chi connectivity index (χ0n) is 12.3. The lowest BCUT2D eigenvalue weighted by atomic mass is 9.93. The summed E-state index contributed by atoms with van der Waals surface area (Å²) in [4.78, 5) is 26.4. The van der Waals surface area contributed by atoms with Gasteiger partial charge in [0.2, 0.25) is 11.8 Å². The van der Waals surface area contributed by atoms with Gasteiger partial charge in [0.15, 0.2) is 0 Å². The Morgan fingerprint density at radius 3 is 2.58 bits per heavy atom. The Hall–Kier alpha value is -1.10. The largest absolute Gasteiger partial charge is 0.373 e. The van der Waals surface area contributed by atoms with Crippen LogP contribution in [-0.4, -0.2) is 47.0 Å². The van der Waals surface area contributed by atoms with Gasteiger partial charge in [0.1, 0.15) is 11.6 Å². The van der Waals surface area contributed by atoms with E-state index in [1.165, 1.54) is 0 Å². The van der Waals surface area contributed by atoms with Crippen molar-refractivity contribution in [3.63, 3.8) is 0 Å². The molecule has 0 aromatic rings. The Balaban J connectivity index is 2.22. The number of nitrogens with one attached hydrogen (secondary N) is 1. The van der Waals surface area contributed by atoms with E-state index in [1.54, 1.807) is 18.7 Å². The summed E-state index contributed by atoms with van der Waals surface area (Å²) in [6, 6.07) is -0.374. The van der Waals surface area contributed by atoms with Crippen molar-refractivity contribution in [1.29, 1.82) is 0 Å². The number of hydrogen-bond acceptors (Lipinski definition) is 3. The smallest absolute Gasteiger partial charge is 0.248 e. The molecule has 2 fully saturated rings. The molecule has 2 unspecified atom stereocenters. The van der Waals surface area contributed by atoms with Gasteiger partial charge in [0.05, 0.1) is 12.1 Å². The van der Waals surface area contributed by atoms with Gasteiger partial charge in [0.25, 0.3) is 0 Å². The van der Waals surface area contributed by atoms with Crippen molar-refractivity contribution in [2.45, 2.75) is 64.1 Å². The second-order valence-corrected chi connectivity index (χ2v) is 6.37. The van der Waals surface area contributed by atoms with Gasteiger partial charge < -0.3 is 15.0 Å². The topological polar surface area (TPSA) is 58.6 Å². The highest BCUT2D eigenvalue weighted by atomic mass is 16.5. The number of rotatable bonds is 3. The molecular formula is C14H24N2O3. The van der Waals surface area contributed by atoms with Crippen molar-refractivity contribution >= 4 is 11.8 Å². The third-order valence-corrected chi connectivity index (χ3v) is 4.10. The van der Waals surface area contributed by atoms with Gasteiger partial charge in [0, 0.05) is 6.61 Å². The van der Waals surface area contributed by atoms with Gasteiger partial charge >= 0.3 is 0 Å². The number of piperazine rings is 1. The lowest BCUT2D eigenvalue weighted by Gasteiger charge is -2.45. The van der Waals surface area contributed by atoms with E-state index in [0.29, 0.717) is 13.0 Å². The Labute approximate surface area is 114 Å². The molecule has 2 aliphatic rings. The quantitative estimate of drug-likeness (QED) is 0.833. The van der Waals surface area contributed by atoms with Crippen LogP contribution in [0.25, 0.3) is 0 Å². The van der Waals surface area contributed by atoms with Gasteiger partial charge in [-0.25, -0.2) is 0 Å². The summed E-state index contributed by atoms with van der Waals surface area (Å²) in [6.07, 6.45) is 2.59. The summed E-state index contributed by atoms with van der Waals surface area (Å²) in [5.41, 5.74) is -1.13. The molecule has 2 rings (SSSR count). The molecule has 2 saturated heterocycles. The van der Waals surface area contributed by atoms with Crippen molar-refractivity contribution in [2.24, 2.45) is 0 Å². The van der Waals surface area contributed by atoms with E-state index in [-0.39, 0.29) is 23.5 Å². The number of nitrogens with zero attached hydrogens (tertiary/aromatic N) is 1. The summed E-state index contributed by atoms with van der Waals surface area (Å²) in [6.45, 7) is 8.71. The van der Waals surface area contributed by atoms with E-state index in [0.717, 1.165) is 19.4 Å². The molecule has 108 valence electrons. The Kier molecular flexibility index (Phi) is 3.60. The predicted molar refractivity (Wildman–Crippen MR) is 71.6 cm³/mol. The Morgan fingerprint density at radius 2 is 2.05 bits per heavy atom. The van der Waals surface area contributed by atoms with Crippen LogP contribution in [0.15, 0.2) is 0 Å². The van der Waals surface area contributed by atoms with Crippen molar-refractivity contribution in [3.8, 4) is 0 Å². The van der Waals surface area contributed by atoms with E-state index in [4.69, 9.17) is 4.74 Å². The molecular weight excluding hydrogens is 244 g/mol. The highest BCUT2D eigenvalue weighted by Crippen LogP contribution is 2.29. The fourth-order valence-corrected chi connectivity index (χ4v) is 3.00. The minimum Gasteiger partial charge on any atom is -0.373 e. The zero-order valence-corrected chi connectivity index (χ0v) is 12.3. The van der Waals surface area contributed by atoms with E-state index >= 15 is 0 Å². The second kappa shape index (κ2) is 4.78. The van der Waals surface area contributed by atoms with Crippen LogP contribution in [0, 0.1) is 0 Å². The first-order valence-corrected chi connectivity index (χ1v) is 7.06. The van der Waals surface area contributed by atoms with Crippen molar-refractivity contribution in [1.82, 2.24) is 10.2 Å². The van der Waals surface area contributed by atoms with Gasteiger partial charge in [-0.2, -0.15) is 0 Å². The lowest BCUT2D eigenvalue weighted by molar-refractivity contribution is -0.157. The van der Waals surface area contributed by atoms with Gasteiger partial charge in [-0.15, -0.1) is 0 Å². The minimum atomic E-state index is -0.822. The number of ether oxygens (including phenoxy) is 1. The number of carbonyl (C=O) groups is 2. The minimum absolute atomic E-state index is 0.0179. The van der Waals surface area contributed by atoms with Crippen LogP contribution in [0.2, 0.25) is 0 Å². The zero-order chi connectivity index (χ0) is 14.3. The molecule has 0 aromatic carbocycles. The summed E-state index contributed by atoms with van der Waals surface area (Å²) in [5.74, 6) is -0.0793. The van der Waals surface area contributed by atoms with Crippen LogP contribution in [0.5, 0.6) is 0 Å². The molecule has 1 N–H and O–H groups in total. The molecule has 19 heavy (non-hydrogen) atoms. The molecule has 0 spiro atoms. The molecule has 2 aliphatic heterocycles. The average molecular weight is 268 g/mol. The summed E-state index contributed by atoms with van der Waals surface area (Å²) in [7, 11) is 0. The molecule has 5 heteroatoms. The first kappa shape index (κ1) is 14.3. The number of hydrogen-bond donors (Lipinski definition) is 1. The molecule has 2 amide bonds. The third-order valence-electron chi connectivity index (χ3n) is 4.10. The van der Waals surface area contributed by atoms with E-state index < -0.39 is 5.54 Å². The SMILES string of the molecule is CCC1C(=O)NC(C)(C)C(=O)N1CC1(C)CCCO1. The van der Waals surface area contributed by atoms with Gasteiger partial charge in [-0.1, -0.05) is 6.92 Å². The van der Waals surface area contributed by atoms with Crippen LogP contribution >= 0.6 is 0 Å². The number of carbonyl (C=O) groups excluding carboxylic acids is 2. The van der Waals surface area contributed by atoms with Crippen molar-refractivity contribution in [2.75, 3.05) is 13.2 Å². The fraction of sp³-hybridized carbons (Fsp3) is 0.857. The molecule has 0 aromatic heterocycles. The standard InChI is InChI=1S/C14H24N2O3/c1-5-10-11(17)15-13(2,3)12(18)16(10)9-14(4)7-6-8-19-14/h10H,5-9H2,1-4H3,(H,15,17). The van der Waals surface area contributed by atoms with Crippen LogP contribution in [-0.2, 0) is 14.3 Å². The normalized spacial score (nSPS) is 34.5. The van der Waals surface area contributed by atoms with Crippen LogP contribution in [0.4, 0.5) is 0 Å². The molecule has 2 atom stereocenters. The maximum absolute atomic E-state index is 12.5. The Morgan fingerprint density at radius 1 is 1.37 bits per heavy atom. The van der Waals surface area contributed by atoms with E-state index in [2.05, 4.69) is 5.32 Å². The average Bonchev–Trinajstić information content (AvgIpc) is 2.72. The van der Waals surface area contributed by atoms with Crippen molar-refractivity contribution < 1.29 is 14.3 Å². The molecule has 0 bridgehead atoms. The molecule has 0 aliphatic carbocycles. The summed E-state index contributed by atoms with van der Waals surface area (Å²) >= 11 is 0. The van der Waals surface area contributed by atoms with Crippen LogP contribution < -0.4 is 5.32 Å². The molecule has 2 heterocycles. The van der Waals surface area contributed by atoms with Gasteiger partial charge in [-0.05, 0) is 40.0 Å². The summed E-state index contributed by atoms with van der Waals surface area (Å²) < 4.78 is 5.76. The molecule has 0 radical (unpaired) electrons. The predicted octanol–water partition coefficient (Wildman–Crippen LogP) is 1.07. The summed E-state index contributed by atoms with van der Waals surface area (Å²) in [5, 5.41) is 2.80. The van der Waals surface area contributed by atoms with E-state index in [9.17, 15) is 9.59 Å².